The van der Waals surface area contributed by atoms with Crippen molar-refractivity contribution < 1.29 is 17.9 Å². The second kappa shape index (κ2) is 9.33. The number of rotatable bonds is 8. The molecule has 3 heterocycles. The molecular formula is C20H28F3N5OS. The molecule has 0 bridgehead atoms. The van der Waals surface area contributed by atoms with E-state index in [-0.39, 0.29) is 0 Å². The Hall–Kier alpha value is -1.49. The van der Waals surface area contributed by atoms with Crippen molar-refractivity contribution in [3.63, 3.8) is 0 Å². The number of nitrogens with one attached hydrogen (secondary N) is 1. The number of hydrogen-bond donors (Lipinski definition) is 1. The van der Waals surface area contributed by atoms with Gasteiger partial charge in [-0.1, -0.05) is 0 Å². The molecule has 30 heavy (non-hydrogen) atoms. The quantitative estimate of drug-likeness (QED) is 0.632. The third-order valence-corrected chi connectivity index (χ3v) is 6.72. The highest BCUT2D eigenvalue weighted by atomic mass is 32.1. The van der Waals surface area contributed by atoms with Crippen molar-refractivity contribution in [2.75, 3.05) is 58.3 Å². The first-order chi connectivity index (χ1) is 14.4. The molecular weight excluding hydrogens is 415 g/mol. The molecule has 1 fully saturated rings. The van der Waals surface area contributed by atoms with Crippen molar-refractivity contribution in [3.8, 4) is 0 Å². The van der Waals surface area contributed by atoms with Crippen molar-refractivity contribution in [3.05, 3.63) is 16.3 Å². The van der Waals surface area contributed by atoms with Gasteiger partial charge in [0.1, 0.15) is 16.5 Å². The maximum atomic E-state index is 12.5. The predicted molar refractivity (Wildman–Crippen MR) is 112 cm³/mol. The summed E-state index contributed by atoms with van der Waals surface area (Å²) < 4.78 is 42.9. The summed E-state index contributed by atoms with van der Waals surface area (Å²) >= 11 is 1.76. The molecule has 0 saturated carbocycles. The number of hydrogen-bond acceptors (Lipinski definition) is 7. The molecule has 1 saturated heterocycles. The molecule has 10 heteroatoms. The Morgan fingerprint density at radius 2 is 2.00 bits per heavy atom. The zero-order chi connectivity index (χ0) is 21.1. The zero-order valence-electron chi connectivity index (χ0n) is 17.2. The number of nitrogens with zero attached hydrogens (tertiary/aromatic N) is 4. The van der Waals surface area contributed by atoms with Crippen LogP contribution < -0.4 is 5.32 Å². The molecule has 0 spiro atoms. The highest BCUT2D eigenvalue weighted by Gasteiger charge is 2.29. The molecule has 0 radical (unpaired) electrons. The molecule has 166 valence electrons. The van der Waals surface area contributed by atoms with Crippen LogP contribution in [0.25, 0.3) is 10.2 Å². The number of thiophene rings is 1. The number of alkyl halides is 3. The van der Waals surface area contributed by atoms with Gasteiger partial charge in [-0.3, -0.25) is 9.80 Å². The van der Waals surface area contributed by atoms with Gasteiger partial charge in [0.05, 0.1) is 31.7 Å². The van der Waals surface area contributed by atoms with E-state index in [1.54, 1.807) is 11.3 Å². The minimum Gasteiger partial charge on any atom is -0.379 e. The third kappa shape index (κ3) is 5.40. The number of aromatic nitrogens is 2. The predicted octanol–water partition coefficient (Wildman–Crippen LogP) is 3.31. The van der Waals surface area contributed by atoms with Gasteiger partial charge in [-0.15, -0.1) is 11.3 Å². The highest BCUT2D eigenvalue weighted by Crippen LogP contribution is 2.39. The van der Waals surface area contributed by atoms with E-state index in [2.05, 4.69) is 10.2 Å². The normalized spacial score (nSPS) is 17.8. The lowest BCUT2D eigenvalue weighted by Crippen LogP contribution is -2.36. The van der Waals surface area contributed by atoms with E-state index >= 15 is 0 Å². The maximum Gasteiger partial charge on any atom is 0.401 e. The Morgan fingerprint density at radius 1 is 1.20 bits per heavy atom. The molecule has 0 aromatic carbocycles. The summed E-state index contributed by atoms with van der Waals surface area (Å²) in [5.74, 6) is 1.63. The molecule has 2 aromatic rings. The standard InChI is InChI=1S/C20H28F3N5OS/c1-27(13-20(21,22)23)7-3-6-24-18-17-14-4-2-5-15(14)30-19(17)26-16(25-18)12-28-8-10-29-11-9-28/h2-13H2,1H3,(H,24,25,26). The van der Waals surface area contributed by atoms with Gasteiger partial charge in [-0.2, -0.15) is 13.2 Å². The molecule has 6 nitrogen and oxygen atoms in total. The van der Waals surface area contributed by atoms with E-state index in [1.165, 1.54) is 22.4 Å². The highest BCUT2D eigenvalue weighted by molar-refractivity contribution is 7.19. The van der Waals surface area contributed by atoms with E-state index < -0.39 is 12.7 Å². The summed E-state index contributed by atoms with van der Waals surface area (Å²) in [6, 6.07) is 0. The topological polar surface area (TPSA) is 53.5 Å². The second-order valence-electron chi connectivity index (χ2n) is 8.05. The Kier molecular flexibility index (Phi) is 6.76. The molecule has 1 aliphatic carbocycles. The van der Waals surface area contributed by atoms with E-state index in [0.29, 0.717) is 26.1 Å². The van der Waals surface area contributed by atoms with Crippen LogP contribution in [0.2, 0.25) is 0 Å². The van der Waals surface area contributed by atoms with Crippen LogP contribution in [0.1, 0.15) is 29.1 Å². The van der Waals surface area contributed by atoms with Crippen LogP contribution in [0.15, 0.2) is 0 Å². The molecule has 2 aliphatic rings. The number of aryl methyl sites for hydroxylation is 2. The molecule has 4 rings (SSSR count). The molecule has 0 unspecified atom stereocenters. The van der Waals surface area contributed by atoms with Crippen LogP contribution in [0.3, 0.4) is 0 Å². The molecule has 2 aromatic heterocycles. The van der Waals surface area contributed by atoms with Gasteiger partial charge in [-0.05, 0) is 44.8 Å². The Balaban J connectivity index is 1.46. The number of anilines is 1. The lowest BCUT2D eigenvalue weighted by atomic mass is 10.2. The van der Waals surface area contributed by atoms with Gasteiger partial charge >= 0.3 is 6.18 Å². The van der Waals surface area contributed by atoms with Crippen LogP contribution in [0, 0.1) is 0 Å². The molecule has 0 amide bonds. The molecule has 1 N–H and O–H groups in total. The first-order valence-corrected chi connectivity index (χ1v) is 11.3. The monoisotopic (exact) mass is 443 g/mol. The first kappa shape index (κ1) is 21.7. The van der Waals surface area contributed by atoms with E-state index in [4.69, 9.17) is 14.7 Å². The van der Waals surface area contributed by atoms with Crippen LogP contribution >= 0.6 is 11.3 Å². The van der Waals surface area contributed by atoms with E-state index in [0.717, 1.165) is 67.4 Å². The Bertz CT molecular complexity index is 866. The van der Waals surface area contributed by atoms with Crippen molar-refractivity contribution in [1.29, 1.82) is 0 Å². The summed E-state index contributed by atoms with van der Waals surface area (Å²) in [6.45, 7) is 3.96. The van der Waals surface area contributed by atoms with Crippen molar-refractivity contribution >= 4 is 27.4 Å². The summed E-state index contributed by atoms with van der Waals surface area (Å²) in [5.41, 5.74) is 1.35. The number of halogens is 3. The van der Waals surface area contributed by atoms with Gasteiger partial charge in [0.2, 0.25) is 0 Å². The first-order valence-electron chi connectivity index (χ1n) is 10.5. The summed E-state index contributed by atoms with van der Waals surface area (Å²) in [6.07, 6.45) is -0.245. The van der Waals surface area contributed by atoms with Gasteiger partial charge in [-0.25, -0.2) is 9.97 Å². The Morgan fingerprint density at radius 3 is 2.77 bits per heavy atom. The fourth-order valence-corrected chi connectivity index (χ4v) is 5.42. The van der Waals surface area contributed by atoms with Crippen molar-refractivity contribution in [2.45, 2.75) is 38.4 Å². The minimum atomic E-state index is -4.16. The van der Waals surface area contributed by atoms with Crippen LogP contribution in [0.4, 0.5) is 19.0 Å². The number of fused-ring (bicyclic) bond motifs is 3. The fraction of sp³-hybridized carbons (Fsp3) is 0.700. The molecule has 0 atom stereocenters. The van der Waals surface area contributed by atoms with Crippen molar-refractivity contribution in [2.24, 2.45) is 0 Å². The average molecular weight is 444 g/mol. The van der Waals surface area contributed by atoms with E-state index in [9.17, 15) is 13.2 Å². The van der Waals surface area contributed by atoms with Crippen LogP contribution in [-0.4, -0.2) is 78.9 Å². The number of ether oxygens (including phenoxy) is 1. The molecule has 1 aliphatic heterocycles. The zero-order valence-corrected chi connectivity index (χ0v) is 18.0. The maximum absolute atomic E-state index is 12.5. The average Bonchev–Trinajstić information content (AvgIpc) is 3.25. The smallest absolute Gasteiger partial charge is 0.379 e. The number of morpholine rings is 1. The summed E-state index contributed by atoms with van der Waals surface area (Å²) in [5, 5.41) is 4.52. The third-order valence-electron chi connectivity index (χ3n) is 5.54. The Labute approximate surface area is 178 Å². The van der Waals surface area contributed by atoms with Gasteiger partial charge in [0, 0.05) is 24.5 Å². The lowest BCUT2D eigenvalue weighted by molar-refractivity contribution is -0.142. The fourth-order valence-electron chi connectivity index (χ4n) is 4.14. The van der Waals surface area contributed by atoms with Gasteiger partial charge in [0.25, 0.3) is 0 Å². The van der Waals surface area contributed by atoms with Crippen molar-refractivity contribution in [1.82, 2.24) is 19.8 Å². The summed E-state index contributed by atoms with van der Waals surface area (Å²) in [4.78, 5) is 15.7. The summed E-state index contributed by atoms with van der Waals surface area (Å²) in [7, 11) is 1.50. The largest absolute Gasteiger partial charge is 0.401 e. The van der Waals surface area contributed by atoms with Crippen LogP contribution in [0.5, 0.6) is 0 Å². The van der Waals surface area contributed by atoms with Gasteiger partial charge < -0.3 is 10.1 Å². The SMILES string of the molecule is CN(CCCNc1nc(CN2CCOCC2)nc2sc3c(c12)CCC3)CC(F)(F)F. The van der Waals surface area contributed by atoms with Gasteiger partial charge in [0.15, 0.2) is 0 Å². The second-order valence-corrected chi connectivity index (χ2v) is 9.13. The van der Waals surface area contributed by atoms with E-state index in [1.807, 2.05) is 0 Å². The van der Waals surface area contributed by atoms with Crippen LogP contribution in [-0.2, 0) is 24.1 Å². The lowest BCUT2D eigenvalue weighted by Gasteiger charge is -2.25. The minimum absolute atomic E-state index is 0.378.